The van der Waals surface area contributed by atoms with E-state index in [2.05, 4.69) is 49.1 Å². The summed E-state index contributed by atoms with van der Waals surface area (Å²) in [4.78, 5) is 2.40. The van der Waals surface area contributed by atoms with Crippen molar-refractivity contribution in [3.05, 3.63) is 65.2 Å². The topological polar surface area (TPSA) is 62.2 Å². The number of phenols is 1. The standard InChI is InChI=1S/C28H41NO4/c1-28(2)29(21-27(33-28)24-15-16-26(31)25(20-24)22-30)17-9-3-4-10-18-32-19-11-8-14-23-12-6-5-7-13-23/h5-7,12-13,15-16,20,27,30-31H,3-4,8-11,14,17-19,21-22H2,1-2H3. The van der Waals surface area contributed by atoms with Crippen LogP contribution in [0.3, 0.4) is 0 Å². The van der Waals surface area contributed by atoms with Crippen molar-refractivity contribution >= 4 is 0 Å². The number of aliphatic hydroxyl groups is 1. The summed E-state index contributed by atoms with van der Waals surface area (Å²) in [5.74, 6) is 0.131. The number of aryl methyl sites for hydroxylation is 1. The Hall–Kier alpha value is -1.92. The third kappa shape index (κ3) is 8.11. The van der Waals surface area contributed by atoms with Crippen LogP contribution in [-0.4, -0.2) is 47.1 Å². The zero-order valence-electron chi connectivity index (χ0n) is 20.3. The summed E-state index contributed by atoms with van der Waals surface area (Å²) in [5, 5.41) is 19.2. The van der Waals surface area contributed by atoms with Gasteiger partial charge < -0.3 is 19.7 Å². The molecule has 33 heavy (non-hydrogen) atoms. The molecule has 1 heterocycles. The Balaban J connectivity index is 1.24. The predicted molar refractivity (Wildman–Crippen MR) is 132 cm³/mol. The number of nitrogens with zero attached hydrogens (tertiary/aromatic N) is 1. The van der Waals surface area contributed by atoms with E-state index in [0.29, 0.717) is 5.56 Å². The van der Waals surface area contributed by atoms with E-state index in [4.69, 9.17) is 9.47 Å². The molecule has 2 aromatic rings. The minimum Gasteiger partial charge on any atom is -0.508 e. The first-order valence-corrected chi connectivity index (χ1v) is 12.5. The van der Waals surface area contributed by atoms with Crippen LogP contribution in [0.25, 0.3) is 0 Å². The minimum atomic E-state index is -0.315. The lowest BCUT2D eigenvalue weighted by molar-refractivity contribution is -0.0766. The van der Waals surface area contributed by atoms with Crippen molar-refractivity contribution in [3.63, 3.8) is 0 Å². The first-order chi connectivity index (χ1) is 16.0. The van der Waals surface area contributed by atoms with Gasteiger partial charge in [-0.1, -0.05) is 49.2 Å². The number of hydrogen-bond donors (Lipinski definition) is 2. The molecule has 5 nitrogen and oxygen atoms in total. The normalized spacial score (nSPS) is 18.1. The van der Waals surface area contributed by atoms with E-state index < -0.39 is 0 Å². The summed E-state index contributed by atoms with van der Waals surface area (Å²) in [6, 6.07) is 16.0. The lowest BCUT2D eigenvalue weighted by Crippen LogP contribution is -2.39. The van der Waals surface area contributed by atoms with Crippen LogP contribution < -0.4 is 0 Å². The van der Waals surface area contributed by atoms with Crippen molar-refractivity contribution in [3.8, 4) is 5.75 Å². The van der Waals surface area contributed by atoms with Gasteiger partial charge in [0.15, 0.2) is 0 Å². The predicted octanol–water partition coefficient (Wildman–Crippen LogP) is 5.59. The minimum absolute atomic E-state index is 0.0406. The average molecular weight is 456 g/mol. The number of ether oxygens (including phenoxy) is 2. The van der Waals surface area contributed by atoms with E-state index in [1.165, 1.54) is 24.8 Å². The molecule has 1 saturated heterocycles. The number of unbranched alkanes of at least 4 members (excludes halogenated alkanes) is 4. The molecule has 1 aliphatic heterocycles. The van der Waals surface area contributed by atoms with Gasteiger partial charge in [0.1, 0.15) is 11.5 Å². The quantitative estimate of drug-likeness (QED) is 0.363. The Labute approximate surface area is 199 Å². The smallest absolute Gasteiger partial charge is 0.121 e. The van der Waals surface area contributed by atoms with Gasteiger partial charge in [0, 0.05) is 31.9 Å². The van der Waals surface area contributed by atoms with E-state index in [-0.39, 0.29) is 24.2 Å². The molecule has 0 spiro atoms. The van der Waals surface area contributed by atoms with E-state index in [1.54, 1.807) is 6.07 Å². The van der Waals surface area contributed by atoms with Gasteiger partial charge in [-0.15, -0.1) is 0 Å². The third-order valence-electron chi connectivity index (χ3n) is 6.54. The SMILES string of the molecule is CC1(C)OC(c2ccc(O)c(CO)c2)CN1CCCCCCOCCCCc1ccccc1. The number of benzene rings is 2. The fraction of sp³-hybridized carbons (Fsp3) is 0.571. The molecule has 2 N–H and O–H groups in total. The summed E-state index contributed by atoms with van der Waals surface area (Å²) >= 11 is 0. The lowest BCUT2D eigenvalue weighted by atomic mass is 10.1. The molecule has 0 amide bonds. The van der Waals surface area contributed by atoms with Gasteiger partial charge in [-0.05, 0) is 69.2 Å². The van der Waals surface area contributed by atoms with Crippen molar-refractivity contribution < 1.29 is 19.7 Å². The molecule has 0 aliphatic carbocycles. The number of rotatable bonds is 14. The number of hydrogen-bond acceptors (Lipinski definition) is 5. The first kappa shape index (κ1) is 25.7. The van der Waals surface area contributed by atoms with Crippen LogP contribution in [0.5, 0.6) is 5.75 Å². The maximum absolute atomic E-state index is 9.81. The molecule has 2 aromatic carbocycles. The van der Waals surface area contributed by atoms with Gasteiger partial charge >= 0.3 is 0 Å². The van der Waals surface area contributed by atoms with Crippen LogP contribution >= 0.6 is 0 Å². The maximum atomic E-state index is 9.81. The Kier molecular flexibility index (Phi) is 10.2. The molecule has 0 aromatic heterocycles. The molecule has 0 bridgehead atoms. The average Bonchev–Trinajstić information content (AvgIpc) is 3.12. The second kappa shape index (κ2) is 13.1. The summed E-state index contributed by atoms with van der Waals surface area (Å²) in [6.45, 7) is 7.63. The fourth-order valence-electron chi connectivity index (χ4n) is 4.49. The molecule has 0 saturated carbocycles. The Morgan fingerprint density at radius 1 is 0.970 bits per heavy atom. The molecule has 5 heteroatoms. The zero-order valence-corrected chi connectivity index (χ0v) is 20.3. The monoisotopic (exact) mass is 455 g/mol. The molecular weight excluding hydrogens is 414 g/mol. The van der Waals surface area contributed by atoms with Gasteiger partial charge in [-0.3, -0.25) is 4.90 Å². The van der Waals surface area contributed by atoms with Gasteiger partial charge in [0.05, 0.1) is 12.7 Å². The van der Waals surface area contributed by atoms with Crippen LogP contribution in [0, 0.1) is 0 Å². The number of aliphatic hydroxyl groups excluding tert-OH is 1. The van der Waals surface area contributed by atoms with Crippen molar-refractivity contribution in [2.75, 3.05) is 26.3 Å². The third-order valence-corrected chi connectivity index (χ3v) is 6.54. The van der Waals surface area contributed by atoms with Gasteiger partial charge in [0.25, 0.3) is 0 Å². The maximum Gasteiger partial charge on any atom is 0.121 e. The Morgan fingerprint density at radius 3 is 2.45 bits per heavy atom. The van der Waals surface area contributed by atoms with Crippen molar-refractivity contribution in [1.29, 1.82) is 0 Å². The van der Waals surface area contributed by atoms with Gasteiger partial charge in [-0.2, -0.15) is 0 Å². The highest BCUT2D eigenvalue weighted by atomic mass is 16.5. The van der Waals surface area contributed by atoms with E-state index >= 15 is 0 Å². The second-order valence-electron chi connectivity index (χ2n) is 9.51. The summed E-state index contributed by atoms with van der Waals surface area (Å²) in [6.07, 6.45) is 8.07. The molecule has 1 fully saturated rings. The van der Waals surface area contributed by atoms with Crippen LogP contribution in [0.4, 0.5) is 0 Å². The first-order valence-electron chi connectivity index (χ1n) is 12.5. The molecule has 1 aliphatic rings. The molecule has 0 radical (unpaired) electrons. The lowest BCUT2D eigenvalue weighted by Gasteiger charge is -2.29. The van der Waals surface area contributed by atoms with Gasteiger partial charge in [0.2, 0.25) is 0 Å². The van der Waals surface area contributed by atoms with Gasteiger partial charge in [-0.25, -0.2) is 0 Å². The summed E-state index contributed by atoms with van der Waals surface area (Å²) in [7, 11) is 0. The zero-order chi connectivity index (χ0) is 23.5. The summed E-state index contributed by atoms with van der Waals surface area (Å²) < 4.78 is 12.1. The van der Waals surface area contributed by atoms with Crippen molar-refractivity contribution in [2.24, 2.45) is 0 Å². The Bertz CT molecular complexity index is 824. The highest BCUT2D eigenvalue weighted by Gasteiger charge is 2.39. The summed E-state index contributed by atoms with van der Waals surface area (Å²) in [5.41, 5.74) is 2.65. The van der Waals surface area contributed by atoms with E-state index in [1.807, 2.05) is 12.1 Å². The molecule has 1 atom stereocenters. The van der Waals surface area contributed by atoms with Crippen LogP contribution in [0.15, 0.2) is 48.5 Å². The molecule has 1 unspecified atom stereocenters. The number of aromatic hydroxyl groups is 1. The van der Waals surface area contributed by atoms with Crippen LogP contribution in [-0.2, 0) is 22.5 Å². The van der Waals surface area contributed by atoms with Crippen molar-refractivity contribution in [2.45, 2.75) is 77.2 Å². The Morgan fingerprint density at radius 2 is 1.70 bits per heavy atom. The molecule has 3 rings (SSSR count). The second-order valence-corrected chi connectivity index (χ2v) is 9.51. The highest BCUT2D eigenvalue weighted by molar-refractivity contribution is 5.37. The van der Waals surface area contributed by atoms with Crippen LogP contribution in [0.1, 0.15) is 75.2 Å². The van der Waals surface area contributed by atoms with E-state index in [0.717, 1.165) is 57.6 Å². The highest BCUT2D eigenvalue weighted by Crippen LogP contribution is 2.37. The molecular formula is C28H41NO4. The van der Waals surface area contributed by atoms with E-state index in [9.17, 15) is 10.2 Å². The molecule has 182 valence electrons. The van der Waals surface area contributed by atoms with Crippen molar-refractivity contribution in [1.82, 2.24) is 4.90 Å². The van der Waals surface area contributed by atoms with Crippen LogP contribution in [0.2, 0.25) is 0 Å². The fourth-order valence-corrected chi connectivity index (χ4v) is 4.49. The largest absolute Gasteiger partial charge is 0.508 e.